The highest BCUT2D eigenvalue weighted by Crippen LogP contribution is 2.32. The van der Waals surface area contributed by atoms with Crippen molar-refractivity contribution in [2.45, 2.75) is 6.04 Å². The Kier molecular flexibility index (Phi) is 2.55. The van der Waals surface area contributed by atoms with Crippen molar-refractivity contribution in [2.24, 2.45) is 4.99 Å². The lowest BCUT2D eigenvalue weighted by Gasteiger charge is -2.12. The summed E-state index contributed by atoms with van der Waals surface area (Å²) in [6, 6.07) is 7.19. The van der Waals surface area contributed by atoms with Gasteiger partial charge < -0.3 is 10.0 Å². The van der Waals surface area contributed by atoms with Gasteiger partial charge in [0.2, 0.25) is 0 Å². The van der Waals surface area contributed by atoms with Gasteiger partial charge in [0.25, 0.3) is 0 Å². The molecule has 0 aliphatic carbocycles. The first-order chi connectivity index (χ1) is 8.24. The molecule has 2 aliphatic rings. The van der Waals surface area contributed by atoms with Crippen LogP contribution in [0, 0.1) is 0 Å². The largest absolute Gasteiger partial charge is 0.478 e. The first-order valence-electron chi connectivity index (χ1n) is 5.53. The van der Waals surface area contributed by atoms with Gasteiger partial charge in [-0.15, -0.1) is 0 Å². The van der Waals surface area contributed by atoms with Crippen molar-refractivity contribution in [3.63, 3.8) is 0 Å². The minimum atomic E-state index is -0.884. The van der Waals surface area contributed by atoms with Gasteiger partial charge in [0.05, 0.1) is 11.6 Å². The molecular weight excluding hydrogens is 236 g/mol. The Morgan fingerprint density at radius 2 is 2.18 bits per heavy atom. The summed E-state index contributed by atoms with van der Waals surface area (Å²) < 4.78 is 0. The Balaban J connectivity index is 1.81. The number of aromatic carboxylic acids is 1. The number of amidine groups is 1. The van der Waals surface area contributed by atoms with Gasteiger partial charge in [-0.05, 0) is 17.7 Å². The zero-order valence-corrected chi connectivity index (χ0v) is 9.98. The van der Waals surface area contributed by atoms with Crippen molar-refractivity contribution < 1.29 is 9.90 Å². The molecule has 0 amide bonds. The summed E-state index contributed by atoms with van der Waals surface area (Å²) in [7, 11) is 0. The Hall–Kier alpha value is -1.49. The van der Waals surface area contributed by atoms with Crippen molar-refractivity contribution in [3.8, 4) is 0 Å². The zero-order valence-electron chi connectivity index (χ0n) is 9.17. The molecule has 1 aromatic rings. The highest BCUT2D eigenvalue weighted by Gasteiger charge is 2.30. The van der Waals surface area contributed by atoms with E-state index in [0.717, 1.165) is 29.6 Å². The van der Waals surface area contributed by atoms with E-state index < -0.39 is 5.97 Å². The maximum Gasteiger partial charge on any atom is 0.335 e. The Morgan fingerprint density at radius 1 is 1.41 bits per heavy atom. The van der Waals surface area contributed by atoms with Gasteiger partial charge in [-0.1, -0.05) is 23.9 Å². The van der Waals surface area contributed by atoms with E-state index in [4.69, 9.17) is 5.11 Å². The van der Waals surface area contributed by atoms with Gasteiger partial charge in [-0.25, -0.2) is 4.79 Å². The summed E-state index contributed by atoms with van der Waals surface area (Å²) in [4.78, 5) is 17.7. The monoisotopic (exact) mass is 248 g/mol. The van der Waals surface area contributed by atoms with Crippen LogP contribution in [0.2, 0.25) is 0 Å². The number of thioether (sulfide) groups is 1. The number of carboxylic acids is 1. The van der Waals surface area contributed by atoms with Crippen LogP contribution in [0.1, 0.15) is 22.0 Å². The summed E-state index contributed by atoms with van der Waals surface area (Å²) in [6.07, 6.45) is 0. The van der Waals surface area contributed by atoms with E-state index >= 15 is 0 Å². The van der Waals surface area contributed by atoms with E-state index in [-0.39, 0.29) is 6.04 Å². The fourth-order valence-corrected chi connectivity index (χ4v) is 3.18. The molecule has 1 atom stereocenters. The fourth-order valence-electron chi connectivity index (χ4n) is 2.13. The van der Waals surface area contributed by atoms with Gasteiger partial charge in [0, 0.05) is 18.8 Å². The van der Waals surface area contributed by atoms with Crippen LogP contribution < -0.4 is 0 Å². The molecule has 0 spiro atoms. The molecule has 88 valence electrons. The number of hydrogen-bond donors (Lipinski definition) is 1. The van der Waals surface area contributed by atoms with Gasteiger partial charge in [-0.2, -0.15) is 0 Å². The molecule has 0 saturated carbocycles. The lowest BCUT2D eigenvalue weighted by molar-refractivity contribution is 0.0697. The molecule has 2 heterocycles. The van der Waals surface area contributed by atoms with Crippen LogP contribution in [-0.2, 0) is 0 Å². The van der Waals surface area contributed by atoms with Crippen molar-refractivity contribution in [1.29, 1.82) is 0 Å². The first-order valence-corrected chi connectivity index (χ1v) is 6.51. The lowest BCUT2D eigenvalue weighted by Crippen LogP contribution is -2.21. The second-order valence-electron chi connectivity index (χ2n) is 4.15. The third kappa shape index (κ3) is 1.91. The smallest absolute Gasteiger partial charge is 0.335 e. The molecule has 4 nitrogen and oxygen atoms in total. The summed E-state index contributed by atoms with van der Waals surface area (Å²) in [6.45, 7) is 2.00. The molecular formula is C12H12N2O2S. The van der Waals surface area contributed by atoms with Crippen molar-refractivity contribution in [1.82, 2.24) is 4.90 Å². The molecule has 0 aromatic heterocycles. The number of rotatable bonds is 2. The molecule has 0 unspecified atom stereocenters. The Morgan fingerprint density at radius 3 is 2.82 bits per heavy atom. The van der Waals surface area contributed by atoms with Gasteiger partial charge in [0.1, 0.15) is 0 Å². The van der Waals surface area contributed by atoms with Crippen molar-refractivity contribution in [3.05, 3.63) is 35.4 Å². The van der Waals surface area contributed by atoms with Gasteiger partial charge in [0.15, 0.2) is 5.17 Å². The molecule has 2 aliphatic heterocycles. The van der Waals surface area contributed by atoms with E-state index in [9.17, 15) is 4.79 Å². The molecule has 1 fully saturated rings. The summed E-state index contributed by atoms with van der Waals surface area (Å²) in [5.74, 6) is 0.245. The van der Waals surface area contributed by atoms with E-state index in [2.05, 4.69) is 9.89 Å². The van der Waals surface area contributed by atoms with Crippen LogP contribution in [0.3, 0.4) is 0 Å². The maximum absolute atomic E-state index is 10.8. The van der Waals surface area contributed by atoms with Crippen LogP contribution in [0.5, 0.6) is 0 Å². The molecule has 17 heavy (non-hydrogen) atoms. The predicted molar refractivity (Wildman–Crippen MR) is 67.6 cm³/mol. The minimum absolute atomic E-state index is 0.167. The number of carboxylic acid groups (broad SMARTS) is 1. The quantitative estimate of drug-likeness (QED) is 0.867. The molecule has 1 saturated heterocycles. The minimum Gasteiger partial charge on any atom is -0.478 e. The summed E-state index contributed by atoms with van der Waals surface area (Å²) in [5.41, 5.74) is 1.42. The van der Waals surface area contributed by atoms with Crippen LogP contribution >= 0.6 is 11.8 Å². The van der Waals surface area contributed by atoms with E-state index in [1.807, 2.05) is 12.1 Å². The summed E-state index contributed by atoms with van der Waals surface area (Å²) >= 11 is 1.80. The highest BCUT2D eigenvalue weighted by atomic mass is 32.2. The molecule has 3 rings (SSSR count). The number of fused-ring (bicyclic) bond motifs is 1. The second kappa shape index (κ2) is 4.07. The SMILES string of the molecule is O=C(O)c1ccc([C@H]2CN3CCSC3=N2)cc1. The molecule has 0 radical (unpaired) electrons. The first kappa shape index (κ1) is 10.7. The number of aliphatic imine (C=N–C) groups is 1. The number of carbonyl (C=O) groups is 1. The average Bonchev–Trinajstić information content (AvgIpc) is 2.89. The second-order valence-corrected chi connectivity index (χ2v) is 5.21. The summed E-state index contributed by atoms with van der Waals surface area (Å²) in [5, 5.41) is 9.97. The Labute approximate surface area is 103 Å². The van der Waals surface area contributed by atoms with Crippen LogP contribution in [-0.4, -0.2) is 40.0 Å². The fraction of sp³-hybridized carbons (Fsp3) is 0.333. The predicted octanol–water partition coefficient (Wildman–Crippen LogP) is 1.84. The van der Waals surface area contributed by atoms with Crippen molar-refractivity contribution in [2.75, 3.05) is 18.8 Å². The normalized spacial score (nSPS) is 22.5. The third-order valence-electron chi connectivity index (χ3n) is 3.06. The molecule has 1 N–H and O–H groups in total. The van der Waals surface area contributed by atoms with Crippen molar-refractivity contribution >= 4 is 22.9 Å². The standard InChI is InChI=1S/C12H12N2O2S/c15-11(16)9-3-1-8(2-4-9)10-7-14-5-6-17-12(14)13-10/h1-4,10H,5-7H2,(H,15,16)/t10-/m1/s1. The van der Waals surface area contributed by atoms with Gasteiger partial charge in [-0.3, -0.25) is 4.99 Å². The maximum atomic E-state index is 10.8. The highest BCUT2D eigenvalue weighted by molar-refractivity contribution is 8.14. The lowest BCUT2D eigenvalue weighted by atomic mass is 10.1. The van der Waals surface area contributed by atoms with E-state index in [1.54, 1.807) is 23.9 Å². The van der Waals surface area contributed by atoms with Crippen LogP contribution in [0.15, 0.2) is 29.3 Å². The number of hydrogen-bond acceptors (Lipinski definition) is 4. The van der Waals surface area contributed by atoms with Crippen LogP contribution in [0.4, 0.5) is 0 Å². The molecule has 1 aromatic carbocycles. The van der Waals surface area contributed by atoms with E-state index in [1.165, 1.54) is 0 Å². The third-order valence-corrected chi connectivity index (χ3v) is 4.07. The van der Waals surface area contributed by atoms with Crippen LogP contribution in [0.25, 0.3) is 0 Å². The zero-order chi connectivity index (χ0) is 11.8. The Bertz CT molecular complexity index is 484. The number of nitrogens with zero attached hydrogens (tertiary/aromatic N) is 2. The average molecular weight is 248 g/mol. The van der Waals surface area contributed by atoms with Gasteiger partial charge >= 0.3 is 5.97 Å². The number of benzene rings is 1. The van der Waals surface area contributed by atoms with E-state index in [0.29, 0.717) is 5.56 Å². The molecule has 0 bridgehead atoms. The topological polar surface area (TPSA) is 52.9 Å². The molecule has 5 heteroatoms.